The molecule has 0 unspecified atom stereocenters. The number of carbonyl (C=O) groups is 2. The summed E-state index contributed by atoms with van der Waals surface area (Å²) in [6, 6.07) is 20.6. The van der Waals surface area contributed by atoms with Crippen molar-refractivity contribution < 1.29 is 19.1 Å². The maximum Gasteiger partial charge on any atom is 0.339 e. The van der Waals surface area contributed by atoms with Gasteiger partial charge in [0.15, 0.2) is 0 Å². The van der Waals surface area contributed by atoms with Crippen LogP contribution >= 0.6 is 11.6 Å². The van der Waals surface area contributed by atoms with Gasteiger partial charge >= 0.3 is 5.97 Å². The topological polar surface area (TPSA) is 64.6 Å². The highest BCUT2D eigenvalue weighted by Gasteiger charge is 2.12. The summed E-state index contributed by atoms with van der Waals surface area (Å²) in [6.07, 6.45) is 0. The Bertz CT molecular complexity index is 956. The van der Waals surface area contributed by atoms with Crippen molar-refractivity contribution >= 4 is 29.2 Å². The first-order valence-corrected chi connectivity index (χ1v) is 8.47. The monoisotopic (exact) mass is 381 g/mol. The molecule has 0 aromatic heterocycles. The average Bonchev–Trinajstić information content (AvgIpc) is 2.69. The van der Waals surface area contributed by atoms with Gasteiger partial charge in [0.25, 0.3) is 5.91 Å². The molecule has 5 nitrogen and oxygen atoms in total. The summed E-state index contributed by atoms with van der Waals surface area (Å²) in [6.45, 7) is 0. The largest absolute Gasteiger partial charge is 0.465 e. The van der Waals surface area contributed by atoms with Crippen LogP contribution in [0.4, 0.5) is 5.69 Å². The Hall–Kier alpha value is -3.31. The van der Waals surface area contributed by atoms with Crippen molar-refractivity contribution in [2.24, 2.45) is 0 Å². The van der Waals surface area contributed by atoms with Crippen molar-refractivity contribution in [2.45, 2.75) is 0 Å². The fourth-order valence-electron chi connectivity index (χ4n) is 2.37. The number of benzene rings is 3. The van der Waals surface area contributed by atoms with E-state index in [1.165, 1.54) is 19.2 Å². The third-order valence-electron chi connectivity index (χ3n) is 3.73. The van der Waals surface area contributed by atoms with E-state index in [9.17, 15) is 9.59 Å². The van der Waals surface area contributed by atoms with Crippen molar-refractivity contribution in [3.8, 4) is 11.5 Å². The van der Waals surface area contributed by atoms with Crippen LogP contribution in [0.1, 0.15) is 20.7 Å². The summed E-state index contributed by atoms with van der Waals surface area (Å²) in [7, 11) is 1.29. The Morgan fingerprint density at radius 3 is 2.19 bits per heavy atom. The number of nitrogens with one attached hydrogen (secondary N) is 1. The van der Waals surface area contributed by atoms with Crippen LogP contribution in [0.2, 0.25) is 5.02 Å². The predicted molar refractivity (Wildman–Crippen MR) is 104 cm³/mol. The van der Waals surface area contributed by atoms with Gasteiger partial charge in [0, 0.05) is 17.3 Å². The SMILES string of the molecule is COC(=O)c1ccc(Oc2ccc(C(=O)Nc3ccccc3)cc2)cc1Cl. The summed E-state index contributed by atoms with van der Waals surface area (Å²) in [5.74, 6) is 0.279. The first-order chi connectivity index (χ1) is 13.1. The van der Waals surface area contributed by atoms with Crippen LogP contribution in [0.15, 0.2) is 72.8 Å². The van der Waals surface area contributed by atoms with E-state index in [1.807, 2.05) is 30.3 Å². The Balaban J connectivity index is 1.68. The molecule has 0 radical (unpaired) electrons. The van der Waals surface area contributed by atoms with E-state index < -0.39 is 5.97 Å². The fourth-order valence-corrected chi connectivity index (χ4v) is 2.62. The molecular formula is C21H16ClNO4. The van der Waals surface area contributed by atoms with Crippen LogP contribution in [0.25, 0.3) is 0 Å². The molecule has 0 fully saturated rings. The van der Waals surface area contributed by atoms with Crippen LogP contribution in [0.5, 0.6) is 11.5 Å². The zero-order valence-corrected chi connectivity index (χ0v) is 15.2. The van der Waals surface area contributed by atoms with Gasteiger partial charge in [0.05, 0.1) is 17.7 Å². The van der Waals surface area contributed by atoms with Crippen LogP contribution in [-0.2, 0) is 4.74 Å². The number of halogens is 1. The van der Waals surface area contributed by atoms with Gasteiger partial charge in [-0.05, 0) is 48.5 Å². The number of hydrogen-bond donors (Lipinski definition) is 1. The zero-order chi connectivity index (χ0) is 19.2. The molecule has 1 amide bonds. The van der Waals surface area contributed by atoms with Gasteiger partial charge in [0.1, 0.15) is 11.5 Å². The summed E-state index contributed by atoms with van der Waals surface area (Å²) < 4.78 is 10.4. The van der Waals surface area contributed by atoms with Gasteiger partial charge in [0.2, 0.25) is 0 Å². The van der Waals surface area contributed by atoms with E-state index in [2.05, 4.69) is 10.1 Å². The highest BCUT2D eigenvalue weighted by Crippen LogP contribution is 2.27. The Morgan fingerprint density at radius 1 is 0.889 bits per heavy atom. The van der Waals surface area contributed by atoms with Gasteiger partial charge in [-0.2, -0.15) is 0 Å². The highest BCUT2D eigenvalue weighted by molar-refractivity contribution is 6.33. The van der Waals surface area contributed by atoms with Gasteiger partial charge < -0.3 is 14.8 Å². The molecule has 0 saturated carbocycles. The Labute approximate surface area is 161 Å². The van der Waals surface area contributed by atoms with E-state index in [-0.39, 0.29) is 16.5 Å². The molecule has 3 rings (SSSR count). The molecule has 0 spiro atoms. The number of ether oxygens (including phenoxy) is 2. The Morgan fingerprint density at radius 2 is 1.56 bits per heavy atom. The number of amides is 1. The molecular weight excluding hydrogens is 366 g/mol. The van der Waals surface area contributed by atoms with E-state index in [1.54, 1.807) is 30.3 Å². The van der Waals surface area contributed by atoms with E-state index in [4.69, 9.17) is 16.3 Å². The molecule has 0 aliphatic carbocycles. The fraction of sp³-hybridized carbons (Fsp3) is 0.0476. The molecule has 27 heavy (non-hydrogen) atoms. The number of para-hydroxylation sites is 1. The van der Waals surface area contributed by atoms with Crippen molar-refractivity contribution in [1.82, 2.24) is 0 Å². The maximum absolute atomic E-state index is 12.2. The molecule has 1 N–H and O–H groups in total. The molecule has 0 heterocycles. The normalized spacial score (nSPS) is 10.1. The zero-order valence-electron chi connectivity index (χ0n) is 14.4. The summed E-state index contributed by atoms with van der Waals surface area (Å²) in [4.78, 5) is 23.8. The first-order valence-electron chi connectivity index (χ1n) is 8.09. The summed E-state index contributed by atoms with van der Waals surface area (Å²) in [5.41, 5.74) is 1.49. The first kappa shape index (κ1) is 18.5. The third-order valence-corrected chi connectivity index (χ3v) is 4.04. The maximum atomic E-state index is 12.2. The quantitative estimate of drug-likeness (QED) is 0.619. The summed E-state index contributed by atoms with van der Waals surface area (Å²) >= 11 is 6.08. The molecule has 0 aliphatic rings. The molecule has 0 aliphatic heterocycles. The predicted octanol–water partition coefficient (Wildman–Crippen LogP) is 5.17. The van der Waals surface area contributed by atoms with Crippen molar-refractivity contribution in [2.75, 3.05) is 12.4 Å². The Kier molecular flexibility index (Phi) is 5.74. The second-order valence-electron chi connectivity index (χ2n) is 5.58. The van der Waals surface area contributed by atoms with Gasteiger partial charge in [-0.25, -0.2) is 4.79 Å². The lowest BCUT2D eigenvalue weighted by Crippen LogP contribution is -2.11. The molecule has 0 atom stereocenters. The number of hydrogen-bond acceptors (Lipinski definition) is 4. The van der Waals surface area contributed by atoms with E-state index in [0.717, 1.165) is 5.69 Å². The van der Waals surface area contributed by atoms with Gasteiger partial charge in [-0.1, -0.05) is 29.8 Å². The van der Waals surface area contributed by atoms with Gasteiger partial charge in [-0.3, -0.25) is 4.79 Å². The lowest BCUT2D eigenvalue weighted by Gasteiger charge is -2.09. The van der Waals surface area contributed by atoms with Crippen LogP contribution < -0.4 is 10.1 Å². The molecule has 0 saturated heterocycles. The van der Waals surface area contributed by atoms with Crippen molar-refractivity contribution in [3.63, 3.8) is 0 Å². The standard InChI is InChI=1S/C21H16ClNO4/c1-26-21(25)18-12-11-17(13-19(18)22)27-16-9-7-14(8-10-16)20(24)23-15-5-3-2-4-6-15/h2-13H,1H3,(H,23,24). The second-order valence-corrected chi connectivity index (χ2v) is 5.99. The minimum atomic E-state index is -0.514. The lowest BCUT2D eigenvalue weighted by molar-refractivity contribution is 0.0601. The number of esters is 1. The molecule has 136 valence electrons. The van der Waals surface area contributed by atoms with Crippen molar-refractivity contribution in [1.29, 1.82) is 0 Å². The van der Waals surface area contributed by atoms with Gasteiger partial charge in [-0.15, -0.1) is 0 Å². The highest BCUT2D eigenvalue weighted by atomic mass is 35.5. The summed E-state index contributed by atoms with van der Waals surface area (Å²) in [5, 5.41) is 3.05. The lowest BCUT2D eigenvalue weighted by atomic mass is 10.2. The van der Waals surface area contributed by atoms with Crippen LogP contribution in [0, 0.1) is 0 Å². The van der Waals surface area contributed by atoms with Crippen LogP contribution in [-0.4, -0.2) is 19.0 Å². The minimum Gasteiger partial charge on any atom is -0.465 e. The van der Waals surface area contributed by atoms with E-state index in [0.29, 0.717) is 17.1 Å². The minimum absolute atomic E-state index is 0.210. The van der Waals surface area contributed by atoms with Crippen molar-refractivity contribution in [3.05, 3.63) is 88.9 Å². The molecule has 3 aromatic carbocycles. The smallest absolute Gasteiger partial charge is 0.339 e. The second kappa shape index (κ2) is 8.38. The van der Waals surface area contributed by atoms with E-state index >= 15 is 0 Å². The number of carbonyl (C=O) groups excluding carboxylic acids is 2. The average molecular weight is 382 g/mol. The number of rotatable bonds is 5. The number of methoxy groups -OCH3 is 1. The number of anilines is 1. The molecule has 0 bridgehead atoms. The third kappa shape index (κ3) is 4.65. The molecule has 3 aromatic rings. The molecule has 6 heteroatoms. The van der Waals surface area contributed by atoms with Crippen LogP contribution in [0.3, 0.4) is 0 Å².